The molecule has 4 atom stereocenters. The van der Waals surface area contributed by atoms with E-state index in [1.165, 1.54) is 18.5 Å². The Labute approximate surface area is 271 Å². The second-order valence-corrected chi connectivity index (χ2v) is 22.2. The number of imidazole rings is 1. The average molecular weight is 675 g/mol. The summed E-state index contributed by atoms with van der Waals surface area (Å²) in [5.74, 6) is 0.159. The number of aromatic nitrogens is 4. The van der Waals surface area contributed by atoms with Gasteiger partial charge in [0.2, 0.25) is 11.8 Å². The summed E-state index contributed by atoms with van der Waals surface area (Å²) in [6, 6.07) is 6.28. The molecule has 3 aromatic rings. The second kappa shape index (κ2) is 13.3. The zero-order valence-corrected chi connectivity index (χ0v) is 29.7. The van der Waals surface area contributed by atoms with Crippen molar-refractivity contribution in [2.24, 2.45) is 0 Å². The second-order valence-electron chi connectivity index (χ2n) is 13.3. The van der Waals surface area contributed by atoms with Gasteiger partial charge in [-0.3, -0.25) is 14.7 Å². The summed E-state index contributed by atoms with van der Waals surface area (Å²) in [4.78, 5) is 23.7. The Hall–Kier alpha value is -3.00. The fourth-order valence-corrected chi connectivity index (χ4v) is 17.8. The molecule has 16 heteroatoms. The van der Waals surface area contributed by atoms with Crippen LogP contribution in [0.25, 0.3) is 11.2 Å². The van der Waals surface area contributed by atoms with Gasteiger partial charge in [-0.25, -0.2) is 4.98 Å². The molecule has 0 saturated carbocycles. The van der Waals surface area contributed by atoms with Crippen LogP contribution in [-0.2, 0) is 24.1 Å². The number of aliphatic hydroxyl groups excluding tert-OH is 1. The molecule has 2 fully saturated rings. The van der Waals surface area contributed by atoms with Crippen LogP contribution in [0.4, 0.5) is 11.6 Å². The number of nitro groups is 1. The van der Waals surface area contributed by atoms with Crippen LogP contribution in [0.15, 0.2) is 30.6 Å². The minimum Gasteiger partial charge on any atom is -0.476 e. The molecule has 2 saturated heterocycles. The van der Waals surface area contributed by atoms with Gasteiger partial charge in [-0.2, -0.15) is 9.97 Å². The van der Waals surface area contributed by atoms with Crippen molar-refractivity contribution in [3.63, 3.8) is 0 Å². The maximum absolute atomic E-state index is 11.8. The first-order valence-corrected chi connectivity index (χ1v) is 19.9. The van der Waals surface area contributed by atoms with Crippen molar-refractivity contribution in [1.82, 2.24) is 19.5 Å². The highest BCUT2D eigenvalue weighted by Gasteiger charge is 2.61. The first-order valence-electron chi connectivity index (χ1n) is 15.9. The number of hydrogen-bond acceptors (Lipinski definition) is 12. The average Bonchev–Trinajstić information content (AvgIpc) is 3.52. The van der Waals surface area contributed by atoms with Gasteiger partial charge in [0.15, 0.2) is 17.4 Å². The molecule has 3 N–H and O–H groups in total. The van der Waals surface area contributed by atoms with E-state index in [4.69, 9.17) is 28.2 Å². The minimum atomic E-state index is -2.97. The molecule has 46 heavy (non-hydrogen) atoms. The third-order valence-corrected chi connectivity index (χ3v) is 19.3. The summed E-state index contributed by atoms with van der Waals surface area (Å²) in [6.07, 6.45) is -1.19. The number of non-ortho nitro benzene ring substituents is 1. The molecule has 0 aliphatic carbocycles. The Kier molecular flexibility index (Phi) is 9.89. The number of nitrogens with zero attached hydrogens (tertiary/aromatic N) is 5. The third-order valence-electron chi connectivity index (χ3n) is 9.10. The lowest BCUT2D eigenvalue weighted by Crippen LogP contribution is -2.65. The van der Waals surface area contributed by atoms with Gasteiger partial charge in [0.25, 0.3) is 5.69 Å². The summed E-state index contributed by atoms with van der Waals surface area (Å²) in [5.41, 5.74) is 8.23. The van der Waals surface area contributed by atoms with Crippen molar-refractivity contribution in [2.75, 3.05) is 18.9 Å². The van der Waals surface area contributed by atoms with Gasteiger partial charge in [-0.05, 0) is 27.7 Å². The largest absolute Gasteiger partial charge is 0.476 e. The molecule has 4 heterocycles. The van der Waals surface area contributed by atoms with Crippen LogP contribution in [0.1, 0.15) is 67.2 Å². The normalized spacial score (nSPS) is 24.5. The van der Waals surface area contributed by atoms with Crippen molar-refractivity contribution in [1.29, 1.82) is 0 Å². The zero-order chi connectivity index (χ0) is 33.6. The molecule has 2 aromatic heterocycles. The lowest BCUT2D eigenvalue weighted by Gasteiger charge is -2.51. The zero-order valence-electron chi connectivity index (χ0n) is 27.7. The van der Waals surface area contributed by atoms with Gasteiger partial charge in [-0.1, -0.05) is 67.5 Å². The number of nitro benzene ring substituents is 1. The Morgan fingerprint density at radius 2 is 1.67 bits per heavy atom. The smallest absolute Gasteiger partial charge is 0.335 e. The monoisotopic (exact) mass is 674 g/mol. The molecule has 0 bridgehead atoms. The first kappa shape index (κ1) is 34.3. The quantitative estimate of drug-likeness (QED) is 0.164. The highest BCUT2D eigenvalue weighted by Crippen LogP contribution is 2.48. The maximum Gasteiger partial charge on any atom is 0.335 e. The predicted molar refractivity (Wildman–Crippen MR) is 176 cm³/mol. The number of ether oxygens (including phenoxy) is 2. The van der Waals surface area contributed by atoms with E-state index >= 15 is 0 Å². The molecule has 0 spiro atoms. The van der Waals surface area contributed by atoms with E-state index in [0.29, 0.717) is 17.6 Å². The number of benzene rings is 1. The van der Waals surface area contributed by atoms with E-state index < -0.39 is 46.6 Å². The van der Waals surface area contributed by atoms with Gasteiger partial charge in [0.05, 0.1) is 24.5 Å². The van der Waals surface area contributed by atoms with Gasteiger partial charge in [-0.15, -0.1) is 0 Å². The highest BCUT2D eigenvalue weighted by molar-refractivity contribution is 6.84. The lowest BCUT2D eigenvalue weighted by molar-refractivity contribution is -0.384. The molecule has 0 unspecified atom stereocenters. The Morgan fingerprint density at radius 1 is 1.04 bits per heavy atom. The van der Waals surface area contributed by atoms with Crippen LogP contribution < -0.4 is 10.5 Å². The number of fused-ring (bicyclic) bond motifs is 2. The summed E-state index contributed by atoms with van der Waals surface area (Å²) < 4.78 is 35.2. The summed E-state index contributed by atoms with van der Waals surface area (Å²) >= 11 is 0. The Morgan fingerprint density at radius 3 is 2.26 bits per heavy atom. The molecular formula is C30H46N6O8Si2. The minimum absolute atomic E-state index is 0.0232. The van der Waals surface area contributed by atoms with Crippen molar-refractivity contribution in [3.05, 3.63) is 46.3 Å². The molecule has 0 amide bonds. The SMILES string of the molecule is CC(C)[Si]1(C(C)C)OC[C@H]2O[C@@H](n3cnc4c(OCCc5ccc([N+](=O)[O-])cc5)nc(N)nc43)[C@H](O)[C@@H]2O[Si](C(C)C)(C(C)C)O1. The molecular weight excluding hydrogens is 629 g/mol. The van der Waals surface area contributed by atoms with E-state index in [-0.39, 0.29) is 52.9 Å². The molecule has 0 radical (unpaired) electrons. The summed E-state index contributed by atoms with van der Waals surface area (Å²) in [7, 11) is -5.76. The van der Waals surface area contributed by atoms with Crippen LogP contribution in [0.3, 0.4) is 0 Å². The van der Waals surface area contributed by atoms with E-state index in [9.17, 15) is 15.2 Å². The van der Waals surface area contributed by atoms with Crippen molar-refractivity contribution in [2.45, 2.75) is 109 Å². The van der Waals surface area contributed by atoms with E-state index in [0.717, 1.165) is 5.56 Å². The van der Waals surface area contributed by atoms with Crippen LogP contribution in [0, 0.1) is 10.1 Å². The topological polar surface area (TPSA) is 179 Å². The van der Waals surface area contributed by atoms with E-state index in [1.807, 2.05) is 0 Å². The molecule has 252 valence electrons. The number of nitrogens with two attached hydrogens (primary N) is 1. The van der Waals surface area contributed by atoms with Gasteiger partial charge in [0, 0.05) is 18.6 Å². The number of hydrogen-bond donors (Lipinski definition) is 2. The third kappa shape index (κ3) is 6.18. The van der Waals surface area contributed by atoms with Crippen molar-refractivity contribution < 1.29 is 32.5 Å². The van der Waals surface area contributed by atoms with Gasteiger partial charge in [0.1, 0.15) is 18.3 Å². The molecule has 1 aromatic carbocycles. The lowest BCUT2D eigenvalue weighted by atomic mass is 10.1. The predicted octanol–water partition coefficient (Wildman–Crippen LogP) is 5.15. The first-order chi connectivity index (χ1) is 21.7. The number of anilines is 1. The van der Waals surface area contributed by atoms with Crippen LogP contribution >= 0.6 is 0 Å². The highest BCUT2D eigenvalue weighted by atomic mass is 28.5. The van der Waals surface area contributed by atoms with Crippen LogP contribution in [0.5, 0.6) is 5.88 Å². The number of aliphatic hydroxyl groups is 1. The maximum atomic E-state index is 11.8. The van der Waals surface area contributed by atoms with E-state index in [1.54, 1.807) is 16.7 Å². The summed E-state index contributed by atoms with van der Waals surface area (Å²) in [6.45, 7) is 17.6. The summed E-state index contributed by atoms with van der Waals surface area (Å²) in [5, 5.41) is 22.8. The molecule has 2 aliphatic rings. The number of nitrogen functional groups attached to an aromatic ring is 1. The van der Waals surface area contributed by atoms with E-state index in [2.05, 4.69) is 70.3 Å². The fraction of sp³-hybridized carbons (Fsp3) is 0.633. The Bertz CT molecular complexity index is 1520. The van der Waals surface area contributed by atoms with Gasteiger partial charge >= 0.3 is 17.1 Å². The fourth-order valence-electron chi connectivity index (χ4n) is 6.61. The van der Waals surface area contributed by atoms with Crippen molar-refractivity contribution >= 4 is 39.9 Å². The van der Waals surface area contributed by atoms with Crippen LogP contribution in [0.2, 0.25) is 22.2 Å². The van der Waals surface area contributed by atoms with Crippen LogP contribution in [-0.4, -0.2) is 78.2 Å². The van der Waals surface area contributed by atoms with Gasteiger partial charge < -0.3 is 33.3 Å². The molecule has 14 nitrogen and oxygen atoms in total. The molecule has 2 aliphatic heterocycles. The molecule has 5 rings (SSSR count). The standard InChI is InChI=1S/C30H46N6O8Si2/c1-17(2)45(18(3)4)41-15-23-26(43-46(44-45,19(5)6)20(7)8)25(37)29(42-23)35-16-32-24-27(35)33-30(31)34-28(24)40-14-13-21-9-11-22(12-10-21)36(38)39/h9-12,16-20,23,25-26,29,37H,13-15H2,1-8H3,(H2,31,33,34)/t23-,25-,26-,29-/m1/s1. The number of rotatable bonds is 10. The Balaban J connectivity index is 1.42. The van der Waals surface area contributed by atoms with Crippen molar-refractivity contribution in [3.8, 4) is 5.88 Å².